The second kappa shape index (κ2) is 5.41. The Labute approximate surface area is 125 Å². The van der Waals surface area contributed by atoms with Crippen molar-refractivity contribution >= 4 is 21.4 Å². The molecular formula is C16H18N2O2S. The summed E-state index contributed by atoms with van der Waals surface area (Å²) in [5, 5.41) is 3.38. The monoisotopic (exact) mass is 302 g/mol. The van der Waals surface area contributed by atoms with Gasteiger partial charge in [-0.25, -0.2) is 8.42 Å². The SMILES string of the molecule is CC1CCc2cccc(NS(=O)(=O)c3ccccc3)c2N1. The minimum atomic E-state index is -3.55. The van der Waals surface area contributed by atoms with Crippen molar-refractivity contribution in [3.63, 3.8) is 0 Å². The average molecular weight is 302 g/mol. The van der Waals surface area contributed by atoms with E-state index in [1.54, 1.807) is 36.4 Å². The maximum atomic E-state index is 12.4. The second-order valence-corrected chi connectivity index (χ2v) is 7.02. The Hall–Kier alpha value is -2.01. The quantitative estimate of drug-likeness (QED) is 0.915. The van der Waals surface area contributed by atoms with Gasteiger partial charge in [-0.05, 0) is 43.5 Å². The van der Waals surface area contributed by atoms with Crippen molar-refractivity contribution in [3.8, 4) is 0 Å². The molecule has 0 amide bonds. The normalized spacial score (nSPS) is 17.7. The van der Waals surface area contributed by atoms with Gasteiger partial charge in [-0.15, -0.1) is 0 Å². The van der Waals surface area contributed by atoms with Crippen LogP contribution in [0, 0.1) is 0 Å². The molecule has 2 aromatic rings. The molecule has 1 aliphatic heterocycles. The molecule has 0 aromatic heterocycles. The average Bonchev–Trinajstić information content (AvgIpc) is 2.48. The van der Waals surface area contributed by atoms with E-state index in [1.165, 1.54) is 0 Å². The van der Waals surface area contributed by atoms with Crippen molar-refractivity contribution < 1.29 is 8.42 Å². The lowest BCUT2D eigenvalue weighted by Crippen LogP contribution is -2.24. The van der Waals surface area contributed by atoms with Crippen molar-refractivity contribution in [1.82, 2.24) is 0 Å². The van der Waals surface area contributed by atoms with Crippen LogP contribution in [0.3, 0.4) is 0 Å². The van der Waals surface area contributed by atoms with Crippen molar-refractivity contribution in [2.24, 2.45) is 0 Å². The number of nitrogens with one attached hydrogen (secondary N) is 2. The number of para-hydroxylation sites is 1. The molecule has 4 nitrogen and oxygen atoms in total. The van der Waals surface area contributed by atoms with Gasteiger partial charge in [0, 0.05) is 6.04 Å². The molecule has 0 saturated heterocycles. The summed E-state index contributed by atoms with van der Waals surface area (Å²) in [5.41, 5.74) is 2.67. The highest BCUT2D eigenvalue weighted by Crippen LogP contribution is 2.33. The summed E-state index contributed by atoms with van der Waals surface area (Å²) in [6.45, 7) is 2.10. The summed E-state index contributed by atoms with van der Waals surface area (Å²) in [6, 6.07) is 14.5. The smallest absolute Gasteiger partial charge is 0.261 e. The highest BCUT2D eigenvalue weighted by molar-refractivity contribution is 7.92. The van der Waals surface area contributed by atoms with Gasteiger partial charge in [-0.2, -0.15) is 0 Å². The maximum absolute atomic E-state index is 12.4. The molecule has 110 valence electrons. The lowest BCUT2D eigenvalue weighted by atomic mass is 9.98. The Morgan fingerprint density at radius 1 is 1.10 bits per heavy atom. The maximum Gasteiger partial charge on any atom is 0.261 e. The van der Waals surface area contributed by atoms with Crippen LogP contribution in [-0.2, 0) is 16.4 Å². The van der Waals surface area contributed by atoms with Crippen LogP contribution >= 0.6 is 0 Å². The van der Waals surface area contributed by atoms with Crippen LogP contribution in [-0.4, -0.2) is 14.5 Å². The van der Waals surface area contributed by atoms with E-state index in [1.807, 2.05) is 12.1 Å². The Kier molecular flexibility index (Phi) is 3.59. The molecule has 1 unspecified atom stereocenters. The van der Waals surface area contributed by atoms with E-state index in [9.17, 15) is 8.42 Å². The molecular weight excluding hydrogens is 284 g/mol. The molecule has 3 rings (SSSR count). The van der Waals surface area contributed by atoms with Crippen LogP contribution in [0.15, 0.2) is 53.4 Å². The Morgan fingerprint density at radius 2 is 1.86 bits per heavy atom. The predicted octanol–water partition coefficient (Wildman–Crippen LogP) is 3.23. The van der Waals surface area contributed by atoms with Gasteiger partial charge in [-0.3, -0.25) is 4.72 Å². The lowest BCUT2D eigenvalue weighted by Gasteiger charge is -2.26. The molecule has 0 spiro atoms. The van der Waals surface area contributed by atoms with E-state index >= 15 is 0 Å². The minimum absolute atomic E-state index is 0.270. The number of aryl methyl sites for hydroxylation is 1. The zero-order chi connectivity index (χ0) is 14.9. The van der Waals surface area contributed by atoms with Crippen molar-refractivity contribution in [1.29, 1.82) is 0 Å². The number of benzene rings is 2. The second-order valence-electron chi connectivity index (χ2n) is 5.34. The van der Waals surface area contributed by atoms with Crippen LogP contribution in [0.1, 0.15) is 18.9 Å². The van der Waals surface area contributed by atoms with E-state index in [-0.39, 0.29) is 4.90 Å². The first-order valence-corrected chi connectivity index (χ1v) is 8.51. The minimum Gasteiger partial charge on any atom is -0.381 e. The molecule has 1 heterocycles. The highest BCUT2D eigenvalue weighted by atomic mass is 32.2. The molecule has 21 heavy (non-hydrogen) atoms. The molecule has 0 radical (unpaired) electrons. The van der Waals surface area contributed by atoms with Crippen molar-refractivity contribution in [3.05, 3.63) is 54.1 Å². The summed E-state index contributed by atoms with van der Waals surface area (Å²) >= 11 is 0. The van der Waals surface area contributed by atoms with Gasteiger partial charge in [0.15, 0.2) is 0 Å². The Balaban J connectivity index is 1.96. The molecule has 0 bridgehead atoms. The third-order valence-corrected chi connectivity index (χ3v) is 5.07. The van der Waals surface area contributed by atoms with Crippen molar-refractivity contribution in [2.45, 2.75) is 30.7 Å². The van der Waals surface area contributed by atoms with Gasteiger partial charge in [0.1, 0.15) is 0 Å². The molecule has 2 N–H and O–H groups in total. The van der Waals surface area contributed by atoms with Crippen LogP contribution in [0.4, 0.5) is 11.4 Å². The van der Waals surface area contributed by atoms with E-state index < -0.39 is 10.0 Å². The zero-order valence-corrected chi connectivity index (χ0v) is 12.7. The topological polar surface area (TPSA) is 58.2 Å². The fourth-order valence-corrected chi connectivity index (χ4v) is 3.65. The number of fused-ring (bicyclic) bond motifs is 1. The molecule has 1 atom stereocenters. The van der Waals surface area contributed by atoms with Crippen LogP contribution < -0.4 is 10.0 Å². The van der Waals surface area contributed by atoms with Gasteiger partial charge in [0.05, 0.1) is 16.3 Å². The summed E-state index contributed by atoms with van der Waals surface area (Å²) in [4.78, 5) is 0.270. The third kappa shape index (κ3) is 2.88. The van der Waals surface area contributed by atoms with E-state index in [4.69, 9.17) is 0 Å². The van der Waals surface area contributed by atoms with Crippen LogP contribution in [0.25, 0.3) is 0 Å². The zero-order valence-electron chi connectivity index (χ0n) is 11.8. The fraction of sp³-hybridized carbons (Fsp3) is 0.250. The van der Waals surface area contributed by atoms with Gasteiger partial charge in [0.25, 0.3) is 10.0 Å². The summed E-state index contributed by atoms with van der Waals surface area (Å²) < 4.78 is 27.6. The first-order valence-electron chi connectivity index (χ1n) is 7.02. The van der Waals surface area contributed by atoms with Crippen molar-refractivity contribution in [2.75, 3.05) is 10.0 Å². The first kappa shape index (κ1) is 13.9. The van der Waals surface area contributed by atoms with Gasteiger partial charge in [-0.1, -0.05) is 30.3 Å². The summed E-state index contributed by atoms with van der Waals surface area (Å²) in [6.07, 6.45) is 2.02. The predicted molar refractivity (Wildman–Crippen MR) is 85.1 cm³/mol. The molecule has 1 aliphatic rings. The van der Waals surface area contributed by atoms with E-state index in [0.717, 1.165) is 24.1 Å². The number of hydrogen-bond donors (Lipinski definition) is 2. The fourth-order valence-electron chi connectivity index (χ4n) is 2.56. The third-order valence-electron chi connectivity index (χ3n) is 3.69. The molecule has 2 aromatic carbocycles. The van der Waals surface area contributed by atoms with E-state index in [0.29, 0.717) is 11.7 Å². The van der Waals surface area contributed by atoms with Gasteiger partial charge in [0.2, 0.25) is 0 Å². The van der Waals surface area contributed by atoms with E-state index in [2.05, 4.69) is 17.0 Å². The first-order chi connectivity index (χ1) is 10.1. The summed E-state index contributed by atoms with van der Waals surface area (Å²) in [7, 11) is -3.55. The molecule has 0 aliphatic carbocycles. The molecule has 0 saturated carbocycles. The number of rotatable bonds is 3. The molecule has 5 heteroatoms. The number of anilines is 2. The number of hydrogen-bond acceptors (Lipinski definition) is 3. The van der Waals surface area contributed by atoms with Crippen LogP contribution in [0.5, 0.6) is 0 Å². The highest BCUT2D eigenvalue weighted by Gasteiger charge is 2.20. The molecule has 0 fully saturated rings. The largest absolute Gasteiger partial charge is 0.381 e. The standard InChI is InChI=1S/C16H18N2O2S/c1-12-10-11-13-6-5-9-15(16(13)17-12)18-21(19,20)14-7-3-2-4-8-14/h2-9,12,17-18H,10-11H2,1H3. The lowest BCUT2D eigenvalue weighted by molar-refractivity contribution is 0.601. The Bertz CT molecular complexity index is 742. The Morgan fingerprint density at radius 3 is 2.62 bits per heavy atom. The van der Waals surface area contributed by atoms with Crippen LogP contribution in [0.2, 0.25) is 0 Å². The van der Waals surface area contributed by atoms with Gasteiger partial charge < -0.3 is 5.32 Å². The van der Waals surface area contributed by atoms with Gasteiger partial charge >= 0.3 is 0 Å². The summed E-state index contributed by atoms with van der Waals surface area (Å²) in [5.74, 6) is 0. The number of sulfonamides is 1.